The van der Waals surface area contributed by atoms with Crippen LogP contribution in [0.4, 0.5) is 5.82 Å². The fourth-order valence-electron chi connectivity index (χ4n) is 2.81. The van der Waals surface area contributed by atoms with E-state index in [2.05, 4.69) is 15.3 Å². The van der Waals surface area contributed by atoms with E-state index in [1.165, 1.54) is 41.5 Å². The molecule has 1 atom stereocenters. The van der Waals surface area contributed by atoms with E-state index in [1.54, 1.807) is 6.92 Å². The van der Waals surface area contributed by atoms with Crippen LogP contribution >= 0.6 is 11.3 Å². The van der Waals surface area contributed by atoms with E-state index in [4.69, 9.17) is 0 Å². The monoisotopic (exact) mass is 291 g/mol. The van der Waals surface area contributed by atoms with Crippen molar-refractivity contribution >= 4 is 27.4 Å². The maximum Gasteiger partial charge on any atom is 0.138 e. The quantitative estimate of drug-likeness (QED) is 0.853. The number of aryl methyl sites for hydroxylation is 3. The summed E-state index contributed by atoms with van der Waals surface area (Å²) in [7, 11) is 0. The topological polar surface area (TPSA) is 58.0 Å². The molecule has 2 aromatic rings. The lowest BCUT2D eigenvalue weighted by molar-refractivity contribution is 0.208. The van der Waals surface area contributed by atoms with Gasteiger partial charge in [-0.2, -0.15) is 0 Å². The lowest BCUT2D eigenvalue weighted by Gasteiger charge is -2.10. The summed E-state index contributed by atoms with van der Waals surface area (Å²) in [5, 5.41) is 14.0. The van der Waals surface area contributed by atoms with Crippen molar-refractivity contribution in [3.05, 3.63) is 16.3 Å². The molecular formula is C15H21N3OS. The zero-order valence-corrected chi connectivity index (χ0v) is 12.9. The van der Waals surface area contributed by atoms with Gasteiger partial charge in [0.05, 0.1) is 11.5 Å². The van der Waals surface area contributed by atoms with Crippen molar-refractivity contribution in [3.8, 4) is 0 Å². The van der Waals surface area contributed by atoms with Crippen molar-refractivity contribution in [2.24, 2.45) is 0 Å². The molecule has 2 heterocycles. The Kier molecular flexibility index (Phi) is 3.89. The highest BCUT2D eigenvalue weighted by Crippen LogP contribution is 2.37. The molecule has 0 aromatic carbocycles. The lowest BCUT2D eigenvalue weighted by atomic mass is 10.1. The third-order valence-corrected chi connectivity index (χ3v) is 4.93. The molecule has 0 bridgehead atoms. The van der Waals surface area contributed by atoms with Crippen LogP contribution < -0.4 is 5.32 Å². The van der Waals surface area contributed by atoms with Gasteiger partial charge in [-0.05, 0) is 45.1 Å². The van der Waals surface area contributed by atoms with E-state index < -0.39 is 0 Å². The Morgan fingerprint density at radius 1 is 1.25 bits per heavy atom. The number of rotatable bonds is 3. The van der Waals surface area contributed by atoms with Crippen LogP contribution in [0.25, 0.3) is 10.2 Å². The van der Waals surface area contributed by atoms with Gasteiger partial charge in [0.2, 0.25) is 0 Å². The van der Waals surface area contributed by atoms with E-state index in [1.807, 2.05) is 18.3 Å². The minimum Gasteiger partial charge on any atom is -0.392 e. The highest BCUT2D eigenvalue weighted by Gasteiger charge is 2.19. The van der Waals surface area contributed by atoms with Crippen LogP contribution in [0.5, 0.6) is 0 Å². The maximum atomic E-state index is 9.49. The van der Waals surface area contributed by atoms with Crippen molar-refractivity contribution in [3.63, 3.8) is 0 Å². The van der Waals surface area contributed by atoms with Crippen molar-refractivity contribution in [1.82, 2.24) is 9.97 Å². The first-order valence-corrected chi connectivity index (χ1v) is 8.17. The number of aromatic nitrogens is 2. The smallest absolute Gasteiger partial charge is 0.138 e. The molecule has 2 aromatic heterocycles. The summed E-state index contributed by atoms with van der Waals surface area (Å²) in [6.07, 6.45) is 5.77. The van der Waals surface area contributed by atoms with Gasteiger partial charge in [0, 0.05) is 11.4 Å². The van der Waals surface area contributed by atoms with Gasteiger partial charge in [-0.15, -0.1) is 11.3 Å². The summed E-state index contributed by atoms with van der Waals surface area (Å²) < 4.78 is 0. The van der Waals surface area contributed by atoms with Gasteiger partial charge < -0.3 is 10.4 Å². The number of aliphatic hydroxyl groups excluding tert-OH is 1. The molecule has 0 saturated heterocycles. The number of aliphatic hydroxyl groups is 1. The normalized spacial score (nSPS) is 16.8. The number of fused-ring (bicyclic) bond motifs is 3. The predicted octanol–water partition coefficient (Wildman–Crippen LogP) is 3.06. The van der Waals surface area contributed by atoms with Crippen LogP contribution in [-0.4, -0.2) is 27.7 Å². The van der Waals surface area contributed by atoms with Gasteiger partial charge in [0.25, 0.3) is 0 Å². The number of hydrogen-bond acceptors (Lipinski definition) is 5. The second kappa shape index (κ2) is 5.66. The molecule has 1 aliphatic rings. The minimum absolute atomic E-state index is 0.377. The molecule has 0 spiro atoms. The molecule has 0 saturated carbocycles. The zero-order valence-electron chi connectivity index (χ0n) is 12.1. The van der Waals surface area contributed by atoms with Crippen molar-refractivity contribution in [1.29, 1.82) is 0 Å². The Bertz CT molecular complexity index is 621. The first-order chi connectivity index (χ1) is 9.65. The average molecular weight is 291 g/mol. The van der Waals surface area contributed by atoms with Crippen LogP contribution in [0.2, 0.25) is 0 Å². The fourth-order valence-corrected chi connectivity index (χ4v) is 4.12. The molecule has 1 aliphatic carbocycles. The lowest BCUT2D eigenvalue weighted by Crippen LogP contribution is -2.16. The van der Waals surface area contributed by atoms with Gasteiger partial charge in [0.1, 0.15) is 16.5 Å². The van der Waals surface area contributed by atoms with E-state index in [0.29, 0.717) is 6.54 Å². The number of nitrogens with one attached hydrogen (secondary N) is 1. The highest BCUT2D eigenvalue weighted by atomic mass is 32.1. The number of anilines is 1. The van der Waals surface area contributed by atoms with Crippen molar-refractivity contribution < 1.29 is 5.11 Å². The summed E-state index contributed by atoms with van der Waals surface area (Å²) in [5.41, 5.74) is 1.44. The maximum absolute atomic E-state index is 9.49. The Hall–Kier alpha value is -1.20. The van der Waals surface area contributed by atoms with Crippen molar-refractivity contribution in [2.45, 2.75) is 52.1 Å². The first-order valence-electron chi connectivity index (χ1n) is 7.36. The third kappa shape index (κ3) is 2.65. The zero-order chi connectivity index (χ0) is 14.1. The molecule has 0 radical (unpaired) electrons. The second-order valence-corrected chi connectivity index (χ2v) is 6.68. The van der Waals surface area contributed by atoms with Crippen LogP contribution in [0, 0.1) is 6.92 Å². The number of nitrogens with zero attached hydrogens (tertiary/aromatic N) is 2. The SMILES string of the molecule is Cc1nc(NCC(C)O)c2c3c(sc2n1)CCCCC3. The summed E-state index contributed by atoms with van der Waals surface area (Å²) in [5.74, 6) is 1.69. The standard InChI is InChI=1S/C15H21N3OS/c1-9(19)8-16-14-13-11-6-4-3-5-7-12(11)20-15(13)18-10(2)17-14/h9,19H,3-8H2,1-2H3,(H,16,17,18). The summed E-state index contributed by atoms with van der Waals surface area (Å²) >= 11 is 1.82. The van der Waals surface area contributed by atoms with Gasteiger partial charge >= 0.3 is 0 Å². The van der Waals surface area contributed by atoms with E-state index in [9.17, 15) is 5.11 Å². The molecule has 2 N–H and O–H groups in total. The molecule has 0 fully saturated rings. The van der Waals surface area contributed by atoms with E-state index in [0.717, 1.165) is 22.9 Å². The molecular weight excluding hydrogens is 270 g/mol. The molecule has 4 nitrogen and oxygen atoms in total. The van der Waals surface area contributed by atoms with Crippen LogP contribution in [0.1, 0.15) is 42.5 Å². The molecule has 0 aliphatic heterocycles. The van der Waals surface area contributed by atoms with Crippen LogP contribution in [-0.2, 0) is 12.8 Å². The van der Waals surface area contributed by atoms with E-state index >= 15 is 0 Å². The molecule has 0 amide bonds. The fraction of sp³-hybridized carbons (Fsp3) is 0.600. The summed E-state index contributed by atoms with van der Waals surface area (Å²) in [6, 6.07) is 0. The largest absolute Gasteiger partial charge is 0.392 e. The minimum atomic E-state index is -0.377. The van der Waals surface area contributed by atoms with Gasteiger partial charge in [0.15, 0.2) is 0 Å². The Labute approximate surface area is 123 Å². The Morgan fingerprint density at radius 3 is 2.85 bits per heavy atom. The molecule has 5 heteroatoms. The van der Waals surface area contributed by atoms with Crippen LogP contribution in [0.15, 0.2) is 0 Å². The molecule has 1 unspecified atom stereocenters. The molecule has 20 heavy (non-hydrogen) atoms. The Balaban J connectivity index is 2.09. The van der Waals surface area contributed by atoms with Gasteiger partial charge in [-0.3, -0.25) is 0 Å². The predicted molar refractivity (Wildman–Crippen MR) is 83.6 cm³/mol. The van der Waals surface area contributed by atoms with Crippen LogP contribution in [0.3, 0.4) is 0 Å². The molecule has 3 rings (SSSR count). The van der Waals surface area contributed by atoms with Gasteiger partial charge in [-0.1, -0.05) is 6.42 Å². The van der Waals surface area contributed by atoms with Crippen molar-refractivity contribution in [2.75, 3.05) is 11.9 Å². The second-order valence-electron chi connectivity index (χ2n) is 5.59. The summed E-state index contributed by atoms with van der Waals surface area (Å²) in [4.78, 5) is 11.7. The average Bonchev–Trinajstić information content (AvgIpc) is 2.58. The summed E-state index contributed by atoms with van der Waals surface area (Å²) in [6.45, 7) is 4.24. The highest BCUT2D eigenvalue weighted by molar-refractivity contribution is 7.19. The number of hydrogen-bond donors (Lipinski definition) is 2. The van der Waals surface area contributed by atoms with Gasteiger partial charge in [-0.25, -0.2) is 9.97 Å². The van der Waals surface area contributed by atoms with E-state index in [-0.39, 0.29) is 6.10 Å². The number of thiophene rings is 1. The Morgan fingerprint density at radius 2 is 2.05 bits per heavy atom. The molecule has 108 valence electrons. The third-order valence-electron chi connectivity index (χ3n) is 3.74. The first kappa shape index (κ1) is 13.8.